The van der Waals surface area contributed by atoms with Gasteiger partial charge >= 0.3 is 0 Å². The molecule has 1 saturated heterocycles. The molecule has 1 fully saturated rings. The van der Waals surface area contributed by atoms with Crippen LogP contribution in [0.1, 0.15) is 18.4 Å². The van der Waals surface area contributed by atoms with Gasteiger partial charge in [-0.15, -0.1) is 0 Å². The Bertz CT molecular complexity index is 473. The average molecular weight is 249 g/mol. The number of ether oxygens (including phenoxy) is 1. The fourth-order valence-electron chi connectivity index (χ4n) is 2.16. The number of hydrogen-bond acceptors (Lipinski definition) is 3. The first-order valence-corrected chi connectivity index (χ1v) is 7.17. The molecule has 1 aromatic rings. The summed E-state index contributed by atoms with van der Waals surface area (Å²) in [5.41, 5.74) is 0.504. The molecule has 3 nitrogen and oxygen atoms in total. The van der Waals surface area contributed by atoms with E-state index in [9.17, 15) is 9.47 Å². The molecule has 90 valence electrons. The van der Waals surface area contributed by atoms with Crippen molar-refractivity contribution in [2.24, 2.45) is 0 Å². The lowest BCUT2D eigenvalue weighted by Gasteiger charge is -2.31. The minimum absolute atomic E-state index is 0.465. The molecule has 2 rings (SSSR count). The Morgan fingerprint density at radius 3 is 2.71 bits per heavy atom. The van der Waals surface area contributed by atoms with Gasteiger partial charge in [-0.1, -0.05) is 12.1 Å². The van der Waals surface area contributed by atoms with Gasteiger partial charge in [0.2, 0.25) is 0 Å². The predicted molar refractivity (Wildman–Crippen MR) is 66.1 cm³/mol. The molecule has 1 aromatic carbocycles. The summed E-state index contributed by atoms with van der Waals surface area (Å²) in [4.78, 5) is 0.781. The molecule has 0 aromatic heterocycles. The Labute approximate surface area is 104 Å². The van der Waals surface area contributed by atoms with Crippen LogP contribution in [0.5, 0.6) is 0 Å². The van der Waals surface area contributed by atoms with E-state index in [4.69, 9.17) is 4.74 Å². The second-order valence-electron chi connectivity index (χ2n) is 4.29. The number of benzene rings is 1. The topological polar surface area (TPSA) is 50.1 Å². The van der Waals surface area contributed by atoms with E-state index >= 15 is 0 Å². The van der Waals surface area contributed by atoms with E-state index in [2.05, 4.69) is 6.07 Å². The second kappa shape index (κ2) is 4.99. The Hall–Kier alpha value is -1.18. The lowest BCUT2D eigenvalue weighted by Crippen LogP contribution is -2.32. The van der Waals surface area contributed by atoms with E-state index < -0.39 is 16.2 Å². The Morgan fingerprint density at radius 2 is 2.12 bits per heavy atom. The highest BCUT2D eigenvalue weighted by molar-refractivity contribution is 7.84. The van der Waals surface area contributed by atoms with Crippen molar-refractivity contribution >= 4 is 10.8 Å². The van der Waals surface area contributed by atoms with Crippen molar-refractivity contribution < 1.29 is 8.95 Å². The molecule has 1 unspecified atom stereocenters. The van der Waals surface area contributed by atoms with Crippen molar-refractivity contribution in [3.63, 3.8) is 0 Å². The fourth-order valence-corrected chi connectivity index (χ4v) is 2.72. The Morgan fingerprint density at radius 1 is 1.41 bits per heavy atom. The highest BCUT2D eigenvalue weighted by atomic mass is 32.2. The third-order valence-electron chi connectivity index (χ3n) is 3.28. The highest BCUT2D eigenvalue weighted by Gasteiger charge is 2.34. The first-order valence-electron chi connectivity index (χ1n) is 5.61. The number of nitrogens with zero attached hydrogens (tertiary/aromatic N) is 1. The molecule has 0 radical (unpaired) electrons. The van der Waals surface area contributed by atoms with Crippen molar-refractivity contribution in [1.82, 2.24) is 0 Å². The quantitative estimate of drug-likeness (QED) is 0.805. The summed E-state index contributed by atoms with van der Waals surface area (Å²) in [6, 6.07) is 9.98. The molecule has 0 bridgehead atoms. The Balaban J connectivity index is 2.40. The average Bonchev–Trinajstić information content (AvgIpc) is 2.39. The molecule has 17 heavy (non-hydrogen) atoms. The van der Waals surface area contributed by atoms with Crippen LogP contribution in [0.2, 0.25) is 0 Å². The summed E-state index contributed by atoms with van der Waals surface area (Å²) in [6.07, 6.45) is 3.08. The minimum atomic E-state index is -1.00. The summed E-state index contributed by atoms with van der Waals surface area (Å²) >= 11 is 0. The van der Waals surface area contributed by atoms with E-state index in [0.717, 1.165) is 10.5 Å². The van der Waals surface area contributed by atoms with Gasteiger partial charge in [-0.3, -0.25) is 4.21 Å². The van der Waals surface area contributed by atoms with Gasteiger partial charge in [0, 0.05) is 35.2 Å². The van der Waals surface area contributed by atoms with Crippen LogP contribution in [-0.2, 0) is 21.0 Å². The van der Waals surface area contributed by atoms with Crippen LogP contribution in [-0.4, -0.2) is 23.7 Å². The van der Waals surface area contributed by atoms with E-state index in [1.165, 1.54) is 0 Å². The normalized spacial score (nSPS) is 20.5. The molecule has 1 heterocycles. The monoisotopic (exact) mass is 249 g/mol. The Kier molecular flexibility index (Phi) is 3.60. The van der Waals surface area contributed by atoms with Crippen LogP contribution in [0.4, 0.5) is 0 Å². The predicted octanol–water partition coefficient (Wildman–Crippen LogP) is 2.00. The van der Waals surface area contributed by atoms with Crippen molar-refractivity contribution in [2.45, 2.75) is 23.2 Å². The molecular formula is C13H15NO2S. The van der Waals surface area contributed by atoms with Crippen molar-refractivity contribution in [3.8, 4) is 6.07 Å². The number of hydrogen-bond donors (Lipinski definition) is 0. The van der Waals surface area contributed by atoms with Crippen LogP contribution in [0.15, 0.2) is 29.2 Å². The zero-order valence-corrected chi connectivity index (χ0v) is 10.6. The van der Waals surface area contributed by atoms with Crippen LogP contribution in [0, 0.1) is 11.3 Å². The van der Waals surface area contributed by atoms with Crippen molar-refractivity contribution in [1.29, 1.82) is 5.26 Å². The van der Waals surface area contributed by atoms with Crippen molar-refractivity contribution in [3.05, 3.63) is 29.8 Å². The zero-order valence-electron chi connectivity index (χ0n) is 9.81. The van der Waals surface area contributed by atoms with Crippen LogP contribution >= 0.6 is 0 Å². The van der Waals surface area contributed by atoms with E-state index in [1.807, 2.05) is 24.3 Å². The molecule has 0 saturated carbocycles. The maximum Gasteiger partial charge on any atom is 0.0866 e. The molecule has 4 heteroatoms. The van der Waals surface area contributed by atoms with Crippen LogP contribution in [0.3, 0.4) is 0 Å². The van der Waals surface area contributed by atoms with E-state index in [1.54, 1.807) is 6.26 Å². The molecule has 1 aliphatic rings. The van der Waals surface area contributed by atoms with Crippen molar-refractivity contribution in [2.75, 3.05) is 19.5 Å². The maximum atomic E-state index is 11.5. The third kappa shape index (κ3) is 2.41. The van der Waals surface area contributed by atoms with E-state index in [0.29, 0.717) is 26.1 Å². The minimum Gasteiger partial charge on any atom is -0.381 e. The van der Waals surface area contributed by atoms with Gasteiger partial charge in [-0.25, -0.2) is 0 Å². The molecule has 0 spiro atoms. The number of rotatable bonds is 2. The third-order valence-corrected chi connectivity index (χ3v) is 4.20. The summed E-state index contributed by atoms with van der Waals surface area (Å²) in [7, 11) is -1.00. The summed E-state index contributed by atoms with van der Waals surface area (Å²) in [5.74, 6) is 0. The molecule has 1 atom stereocenters. The van der Waals surface area contributed by atoms with Gasteiger partial charge in [-0.05, 0) is 30.5 Å². The molecular weight excluding hydrogens is 234 g/mol. The first-order chi connectivity index (χ1) is 8.18. The van der Waals surface area contributed by atoms with E-state index in [-0.39, 0.29) is 0 Å². The SMILES string of the molecule is CS(=O)c1cccc(C2(C#N)CCOCC2)c1. The highest BCUT2D eigenvalue weighted by Crippen LogP contribution is 2.34. The molecule has 0 aliphatic carbocycles. The molecule has 1 aliphatic heterocycles. The van der Waals surface area contributed by atoms with Crippen LogP contribution in [0.25, 0.3) is 0 Å². The van der Waals surface area contributed by atoms with Gasteiger partial charge in [0.25, 0.3) is 0 Å². The maximum absolute atomic E-state index is 11.5. The second-order valence-corrected chi connectivity index (χ2v) is 5.67. The van der Waals surface area contributed by atoms with Gasteiger partial charge in [0.15, 0.2) is 0 Å². The van der Waals surface area contributed by atoms with Crippen LogP contribution < -0.4 is 0 Å². The number of nitriles is 1. The molecule has 0 amide bonds. The van der Waals surface area contributed by atoms with Gasteiger partial charge in [0.05, 0.1) is 11.5 Å². The van der Waals surface area contributed by atoms with Gasteiger partial charge in [0.1, 0.15) is 0 Å². The smallest absolute Gasteiger partial charge is 0.0866 e. The summed E-state index contributed by atoms with van der Waals surface area (Å²) in [6.45, 7) is 1.24. The largest absolute Gasteiger partial charge is 0.381 e. The molecule has 0 N–H and O–H groups in total. The zero-order chi connectivity index (χ0) is 12.3. The first kappa shape index (κ1) is 12.3. The summed E-state index contributed by atoms with van der Waals surface area (Å²) < 4.78 is 16.8. The lowest BCUT2D eigenvalue weighted by molar-refractivity contribution is 0.0675. The summed E-state index contributed by atoms with van der Waals surface area (Å²) in [5, 5.41) is 9.44. The van der Waals surface area contributed by atoms with Gasteiger partial charge in [-0.2, -0.15) is 5.26 Å². The fraction of sp³-hybridized carbons (Fsp3) is 0.462. The standard InChI is InChI=1S/C13H15NO2S/c1-17(15)12-4-2-3-11(9-12)13(10-14)5-7-16-8-6-13/h2-4,9H,5-8H2,1H3. The lowest BCUT2D eigenvalue weighted by atomic mass is 9.75. The van der Waals surface area contributed by atoms with Gasteiger partial charge < -0.3 is 4.74 Å².